The Morgan fingerprint density at radius 1 is 0.548 bits per heavy atom. The molecule has 3 fully saturated rings. The molecule has 126 heavy (non-hydrogen) atoms. The van der Waals surface area contributed by atoms with Gasteiger partial charge in [0.1, 0.15) is 34.3 Å². The van der Waals surface area contributed by atoms with E-state index in [2.05, 4.69) is 112 Å². The Labute approximate surface area is 745 Å². The van der Waals surface area contributed by atoms with Crippen molar-refractivity contribution in [2.24, 2.45) is 11.7 Å². The molecule has 7 atom stereocenters. The Balaban J connectivity index is 0.000000389. The first-order valence-corrected chi connectivity index (χ1v) is 44.9. The van der Waals surface area contributed by atoms with E-state index in [9.17, 15) is 89.4 Å². The molecule has 3 unspecified atom stereocenters. The molecule has 696 valence electrons. The summed E-state index contributed by atoms with van der Waals surface area (Å²) in [7, 11) is -1.77. The number of allylic oxidation sites excluding steroid dienone is 1. The van der Waals surface area contributed by atoms with Crippen LogP contribution in [-0.4, -0.2) is 167 Å². The first-order valence-electron chi connectivity index (χ1n) is 41.5. The van der Waals surface area contributed by atoms with Gasteiger partial charge < -0.3 is 49.5 Å². The summed E-state index contributed by atoms with van der Waals surface area (Å²) in [6, 6.07) is 32.9. The van der Waals surface area contributed by atoms with E-state index >= 15 is 0 Å². The molecule has 4 aliphatic rings. The van der Waals surface area contributed by atoms with Gasteiger partial charge in [-0.3, -0.25) is 40.0 Å². The number of ether oxygens (including phenoxy) is 4. The van der Waals surface area contributed by atoms with Crippen molar-refractivity contribution in [3.8, 4) is 0 Å². The minimum absolute atomic E-state index is 0. The fourth-order valence-corrected chi connectivity index (χ4v) is 15.0. The molecule has 3 saturated heterocycles. The van der Waals surface area contributed by atoms with Gasteiger partial charge in [0.05, 0.1) is 31.5 Å². The largest absolute Gasteiger partial charge is 0.444 e. The molecule has 0 aromatic heterocycles. The third kappa shape index (κ3) is 37.8. The SMILES string of the molecule is CC(C)(C)OC(=O)N1C=C[C@H](c2ccc(F)c(F)c2)[C@@H]([N+](=O)[O-])C1.CC(C)(C)OC(=O)N1CCC(c2ccc(F)c(F)c2)[C@@H](N)C1.CC(C)(C)OC(=O)N1CCC(c2ccc(F)c(F)c2)[C@@H]([N+](=O)[O-])C1.CC(C)(C)OC(=O)NCC[N+](=O)[O-].CCC(CC)CC.C[Si](C)(C)OC(c1ccccc1)(c1ccccc1)C1CCCN1.O=C/C=C/c1ccc(F)c(F)c1.[Fe]. The Hall–Kier alpha value is -10.2. The number of carbonyl (C=O) groups excluding carboxylic acids is 5. The van der Waals surface area contributed by atoms with Gasteiger partial charge >= 0.3 is 24.4 Å². The molecule has 0 spiro atoms. The van der Waals surface area contributed by atoms with Crippen LogP contribution < -0.4 is 16.4 Å². The van der Waals surface area contributed by atoms with Gasteiger partial charge in [0.2, 0.25) is 18.6 Å². The number of benzene rings is 6. The Morgan fingerprint density at radius 3 is 1.36 bits per heavy atom. The molecule has 10 rings (SSSR count). The number of likely N-dealkylation sites (tertiary alicyclic amines) is 2. The molecule has 0 bridgehead atoms. The van der Waals surface area contributed by atoms with Crippen LogP contribution in [0.1, 0.15) is 200 Å². The van der Waals surface area contributed by atoms with Crippen LogP contribution in [0.5, 0.6) is 0 Å². The summed E-state index contributed by atoms with van der Waals surface area (Å²) in [6.45, 7) is 35.9. The molecule has 4 N–H and O–H groups in total. The summed E-state index contributed by atoms with van der Waals surface area (Å²) in [4.78, 5) is 92.0. The molecule has 4 amide bonds. The number of nitro groups is 3. The van der Waals surface area contributed by atoms with Crippen molar-refractivity contribution < 1.29 is 114 Å². The van der Waals surface area contributed by atoms with Crippen molar-refractivity contribution in [1.82, 2.24) is 25.3 Å². The van der Waals surface area contributed by atoms with E-state index in [-0.39, 0.29) is 73.7 Å². The number of piperidine rings is 2. The van der Waals surface area contributed by atoms with Crippen LogP contribution in [0.25, 0.3) is 6.08 Å². The third-order valence-electron chi connectivity index (χ3n) is 19.5. The molecular formula is C91H123F8FeN9O16Si. The minimum Gasteiger partial charge on any atom is -0.444 e. The third-order valence-corrected chi connectivity index (χ3v) is 20.4. The molecule has 6 aromatic carbocycles. The van der Waals surface area contributed by atoms with Crippen LogP contribution in [0.3, 0.4) is 0 Å². The van der Waals surface area contributed by atoms with Crippen molar-refractivity contribution in [3.63, 3.8) is 0 Å². The number of hydrogen-bond acceptors (Lipinski definition) is 18. The van der Waals surface area contributed by atoms with E-state index in [0.29, 0.717) is 48.5 Å². The van der Waals surface area contributed by atoms with E-state index < -0.39 is 146 Å². The number of nitrogens with zero attached hydrogens (tertiary/aromatic N) is 6. The van der Waals surface area contributed by atoms with Crippen LogP contribution in [-0.2, 0) is 50.8 Å². The maximum absolute atomic E-state index is 13.4. The number of rotatable bonds is 18. The molecule has 4 heterocycles. The molecule has 0 aliphatic carbocycles. The van der Waals surface area contributed by atoms with Crippen molar-refractivity contribution in [3.05, 3.63) is 262 Å². The summed E-state index contributed by atoms with van der Waals surface area (Å²) in [5.74, 6) is -8.16. The number of aldehydes is 1. The summed E-state index contributed by atoms with van der Waals surface area (Å²) in [6.07, 6.45) is 10.9. The standard InChI is InChI=1S/C20H27NOSi.C16H20F2N2O4.C16H18F2N2O4.C16H22F2N2O2.C9H6F2O.C7H14N2O4.C7H16.Fe/c1-23(2,3)22-20(19-15-10-16-21-19,17-11-6-4-7-12-17)18-13-8-5-9-14-18;2*1-16(2,3)24-15(21)19-7-6-11(14(9-19)20(22)23)10-4-5-12(17)13(18)8-10;1-16(2,3)22-15(21)20-7-6-11(14(19)9-20)10-4-5-12(17)13(18)8-10;10-8-4-3-7(2-1-5-12)6-9(8)11;1-7(2,3)13-6(10)8-4-5-9(11)12;1-4-7(5-2)6-3;/h4-9,11-14,19,21H,10,15-16H2,1-3H3;4-5,8,11,14H,6-7,9H2,1-3H3;4-8,11,14H,9H2,1-3H3;4-5,8,11,14H,6-7,9,19H2,1-3H3;1-6H;4-5H2,1-3H3,(H,8,10);7H,4-6H2,1-3H3;/b;;;;2-1+;;;/t;11?,14-;11-,14+;11?,14-;;;;/m.010..../s1. The van der Waals surface area contributed by atoms with Crippen LogP contribution in [0.4, 0.5) is 54.3 Å². The first-order chi connectivity index (χ1) is 58.2. The fourth-order valence-electron chi connectivity index (χ4n) is 13.6. The van der Waals surface area contributed by atoms with E-state index in [1.165, 1.54) is 90.4 Å². The second-order valence-corrected chi connectivity index (χ2v) is 39.5. The molecule has 35 heteroatoms. The maximum atomic E-state index is 13.4. The van der Waals surface area contributed by atoms with Crippen molar-refractivity contribution in [2.45, 2.75) is 238 Å². The van der Waals surface area contributed by atoms with E-state index in [4.69, 9.17) is 29.1 Å². The molecule has 6 aromatic rings. The minimum atomic E-state index is -1.77. The molecule has 4 aliphatic heterocycles. The second-order valence-electron chi connectivity index (χ2n) is 35.1. The maximum Gasteiger partial charge on any atom is 0.414 e. The average Bonchev–Trinajstić information content (AvgIpc) is 1.35. The van der Waals surface area contributed by atoms with Crippen LogP contribution in [0.15, 0.2) is 152 Å². The summed E-state index contributed by atoms with van der Waals surface area (Å²) in [5.41, 5.74) is 7.44. The number of nitrogens with one attached hydrogen (secondary N) is 2. The Morgan fingerprint density at radius 2 is 0.968 bits per heavy atom. The summed E-state index contributed by atoms with van der Waals surface area (Å²) >= 11 is 0. The van der Waals surface area contributed by atoms with E-state index in [1.807, 2.05) is 0 Å². The van der Waals surface area contributed by atoms with Gasteiger partial charge in [-0.15, -0.1) is 0 Å². The van der Waals surface area contributed by atoms with Gasteiger partial charge in [0.15, 0.2) is 54.9 Å². The number of hydrogen-bond donors (Lipinski definition) is 3. The smallest absolute Gasteiger partial charge is 0.414 e. The molecule has 0 saturated carbocycles. The predicted molar refractivity (Wildman–Crippen MR) is 465 cm³/mol. The van der Waals surface area contributed by atoms with Crippen molar-refractivity contribution in [2.75, 3.05) is 52.4 Å². The van der Waals surface area contributed by atoms with Crippen molar-refractivity contribution >= 4 is 45.1 Å². The van der Waals surface area contributed by atoms with Crippen LogP contribution >= 0.6 is 0 Å². The van der Waals surface area contributed by atoms with Crippen LogP contribution in [0.2, 0.25) is 19.6 Å². The number of nitrogens with two attached hydrogens (primary N) is 1. The van der Waals surface area contributed by atoms with Crippen LogP contribution in [0, 0.1) is 82.8 Å². The molecular weight excluding hydrogens is 1710 g/mol. The fraction of sp³-hybridized carbons (Fsp3) is 0.505. The summed E-state index contributed by atoms with van der Waals surface area (Å²) < 4.78 is 132. The van der Waals surface area contributed by atoms with Gasteiger partial charge in [-0.25, -0.2) is 54.3 Å². The van der Waals surface area contributed by atoms with Gasteiger partial charge in [-0.05, 0) is 229 Å². The summed E-state index contributed by atoms with van der Waals surface area (Å²) in [5, 5.41) is 38.6. The number of carbonyl (C=O) groups is 5. The predicted octanol–water partition coefficient (Wildman–Crippen LogP) is 20.1. The first kappa shape index (κ1) is 110. The molecule has 0 radical (unpaired) electrons. The van der Waals surface area contributed by atoms with E-state index in [0.717, 1.165) is 66.2 Å². The topological polar surface area (TPSA) is 321 Å². The zero-order valence-corrected chi connectivity index (χ0v) is 77.1. The van der Waals surface area contributed by atoms with Gasteiger partial charge in [0.25, 0.3) is 0 Å². The van der Waals surface area contributed by atoms with E-state index in [1.54, 1.807) is 94.1 Å². The zero-order chi connectivity index (χ0) is 94.1. The number of amides is 4. The number of alkyl carbamates (subject to hydrolysis) is 1. The Bertz CT molecular complexity index is 4500. The zero-order valence-electron chi connectivity index (χ0n) is 75.0. The second kappa shape index (κ2) is 51.0. The Kier molecular flexibility index (Phi) is 44.5. The monoisotopic (exact) mass is 1830 g/mol. The van der Waals surface area contributed by atoms with Crippen molar-refractivity contribution in [1.29, 1.82) is 0 Å². The quantitative estimate of drug-likeness (QED) is 0.0137. The van der Waals surface area contributed by atoms with Gasteiger partial charge in [-0.2, -0.15) is 0 Å². The van der Waals surface area contributed by atoms with Gasteiger partial charge in [-0.1, -0.05) is 137 Å². The normalized spacial score (nSPS) is 18.1. The van der Waals surface area contributed by atoms with Gasteiger partial charge in [0, 0.05) is 75.7 Å². The number of halogens is 8. The molecule has 25 nitrogen and oxygen atoms in total. The average molecular weight is 1830 g/mol.